The van der Waals surface area contributed by atoms with Crippen LogP contribution >= 0.6 is 11.3 Å². The summed E-state index contributed by atoms with van der Waals surface area (Å²) in [6.45, 7) is 0. The monoisotopic (exact) mass is 464 g/mol. The van der Waals surface area contributed by atoms with E-state index in [2.05, 4.69) is 20.8 Å². The van der Waals surface area contributed by atoms with Crippen molar-refractivity contribution in [3.8, 4) is 10.6 Å². The quantitative estimate of drug-likeness (QED) is 0.423. The maximum absolute atomic E-state index is 13.2. The lowest BCUT2D eigenvalue weighted by Crippen LogP contribution is -2.45. The summed E-state index contributed by atoms with van der Waals surface area (Å²) in [5.74, 6) is -1.80. The molecule has 166 valence electrons. The molecule has 1 heterocycles. The van der Waals surface area contributed by atoms with Gasteiger partial charge in [0.05, 0.1) is 0 Å². The molecule has 33 heavy (non-hydrogen) atoms. The van der Waals surface area contributed by atoms with Crippen LogP contribution in [0.3, 0.4) is 0 Å². The summed E-state index contributed by atoms with van der Waals surface area (Å²) in [5, 5.41) is 14.2. The van der Waals surface area contributed by atoms with Crippen molar-refractivity contribution in [2.24, 2.45) is 0 Å². The Morgan fingerprint density at radius 3 is 2.15 bits per heavy atom. The van der Waals surface area contributed by atoms with Gasteiger partial charge >= 0.3 is 0 Å². The molecule has 3 aromatic carbocycles. The first-order valence-corrected chi connectivity index (χ1v) is 10.8. The van der Waals surface area contributed by atoms with Crippen molar-refractivity contribution in [1.29, 1.82) is 0 Å². The molecular weight excluding hydrogens is 446 g/mol. The van der Waals surface area contributed by atoms with E-state index in [4.69, 9.17) is 0 Å². The summed E-state index contributed by atoms with van der Waals surface area (Å²) in [4.78, 5) is 25.7. The minimum atomic E-state index is -0.914. The molecule has 0 bridgehead atoms. The van der Waals surface area contributed by atoms with E-state index >= 15 is 0 Å². The first-order valence-electron chi connectivity index (χ1n) is 9.98. The molecule has 0 aliphatic carbocycles. The topological polar surface area (TPSA) is 84.0 Å². The van der Waals surface area contributed by atoms with E-state index in [1.54, 1.807) is 12.1 Å². The number of amides is 2. The largest absolute Gasteiger partial charge is 0.340 e. The third-order valence-electron chi connectivity index (χ3n) is 4.76. The molecule has 1 aromatic heterocycles. The van der Waals surface area contributed by atoms with Gasteiger partial charge < -0.3 is 5.32 Å². The smallest absolute Gasteiger partial charge is 0.251 e. The molecular formula is C24H18F2N4O2S. The highest BCUT2D eigenvalue weighted by Gasteiger charge is 2.23. The van der Waals surface area contributed by atoms with Crippen LogP contribution in [0, 0.1) is 11.6 Å². The Kier molecular flexibility index (Phi) is 6.80. The van der Waals surface area contributed by atoms with Crippen LogP contribution < -0.4 is 10.6 Å². The van der Waals surface area contributed by atoms with E-state index in [1.165, 1.54) is 36.4 Å². The summed E-state index contributed by atoms with van der Waals surface area (Å²) in [6.07, 6.45) is 0.239. The summed E-state index contributed by atoms with van der Waals surface area (Å²) in [6, 6.07) is 19.2. The fraction of sp³-hybridized carbons (Fsp3) is 0.0833. The van der Waals surface area contributed by atoms with E-state index in [-0.39, 0.29) is 22.9 Å². The molecule has 6 nitrogen and oxygen atoms in total. The molecule has 4 aromatic rings. The highest BCUT2D eigenvalue weighted by molar-refractivity contribution is 7.18. The summed E-state index contributed by atoms with van der Waals surface area (Å²) in [5.41, 5.74) is 1.75. The molecule has 1 atom stereocenters. The van der Waals surface area contributed by atoms with Crippen molar-refractivity contribution in [1.82, 2.24) is 15.5 Å². The van der Waals surface area contributed by atoms with Crippen LogP contribution in [-0.4, -0.2) is 28.1 Å². The molecule has 0 spiro atoms. The van der Waals surface area contributed by atoms with Crippen LogP contribution in [-0.2, 0) is 11.2 Å². The second-order valence-electron chi connectivity index (χ2n) is 7.13. The van der Waals surface area contributed by atoms with E-state index < -0.39 is 23.7 Å². The van der Waals surface area contributed by atoms with Gasteiger partial charge in [-0.1, -0.05) is 41.7 Å². The Bertz CT molecular complexity index is 1250. The van der Waals surface area contributed by atoms with Gasteiger partial charge in [0.25, 0.3) is 5.91 Å². The van der Waals surface area contributed by atoms with Crippen molar-refractivity contribution in [2.45, 2.75) is 12.5 Å². The molecule has 2 N–H and O–H groups in total. The van der Waals surface area contributed by atoms with Gasteiger partial charge in [0.2, 0.25) is 11.0 Å². The molecule has 9 heteroatoms. The van der Waals surface area contributed by atoms with Gasteiger partial charge in [0.1, 0.15) is 22.7 Å². The Labute approximate surface area is 192 Å². The minimum Gasteiger partial charge on any atom is -0.340 e. The zero-order valence-electron chi connectivity index (χ0n) is 17.2. The number of halogens is 2. The van der Waals surface area contributed by atoms with E-state index in [9.17, 15) is 18.4 Å². The van der Waals surface area contributed by atoms with Gasteiger partial charge in [-0.25, -0.2) is 8.78 Å². The van der Waals surface area contributed by atoms with Gasteiger partial charge in [0, 0.05) is 17.5 Å². The van der Waals surface area contributed by atoms with Crippen LogP contribution in [0.4, 0.5) is 13.9 Å². The first kappa shape index (κ1) is 22.2. The molecule has 0 unspecified atom stereocenters. The van der Waals surface area contributed by atoms with Crippen molar-refractivity contribution in [3.05, 3.63) is 102 Å². The van der Waals surface area contributed by atoms with Crippen LogP contribution in [0.1, 0.15) is 15.9 Å². The Morgan fingerprint density at radius 1 is 0.848 bits per heavy atom. The molecule has 0 radical (unpaired) electrons. The normalized spacial score (nSPS) is 11.6. The summed E-state index contributed by atoms with van der Waals surface area (Å²) in [7, 11) is 0. The second-order valence-corrected chi connectivity index (χ2v) is 8.11. The Hall–Kier alpha value is -3.98. The third-order valence-corrected chi connectivity index (χ3v) is 5.64. The number of nitrogens with one attached hydrogen (secondary N) is 2. The Morgan fingerprint density at radius 2 is 1.48 bits per heavy atom. The summed E-state index contributed by atoms with van der Waals surface area (Å²) < 4.78 is 26.3. The van der Waals surface area contributed by atoms with Crippen molar-refractivity contribution < 1.29 is 18.4 Å². The fourth-order valence-electron chi connectivity index (χ4n) is 3.08. The average molecular weight is 464 g/mol. The third kappa shape index (κ3) is 5.83. The van der Waals surface area contributed by atoms with E-state index in [0.29, 0.717) is 10.6 Å². The van der Waals surface area contributed by atoms with Gasteiger partial charge in [0.15, 0.2) is 0 Å². The Balaban J connectivity index is 1.50. The zero-order chi connectivity index (χ0) is 23.2. The van der Waals surface area contributed by atoms with Gasteiger partial charge in [-0.05, 0) is 54.1 Å². The van der Waals surface area contributed by atoms with Crippen LogP contribution in [0.5, 0.6) is 0 Å². The van der Waals surface area contributed by atoms with Crippen molar-refractivity contribution in [2.75, 3.05) is 5.32 Å². The molecule has 0 aliphatic rings. The molecule has 4 rings (SSSR count). The maximum atomic E-state index is 13.2. The predicted octanol–water partition coefficient (Wildman–Crippen LogP) is 4.46. The van der Waals surface area contributed by atoms with Gasteiger partial charge in [-0.15, -0.1) is 10.2 Å². The van der Waals surface area contributed by atoms with Crippen LogP contribution in [0.2, 0.25) is 0 Å². The highest BCUT2D eigenvalue weighted by Crippen LogP contribution is 2.26. The number of anilines is 1. The zero-order valence-corrected chi connectivity index (χ0v) is 18.0. The summed E-state index contributed by atoms with van der Waals surface area (Å²) >= 11 is 1.13. The number of carbonyl (C=O) groups is 2. The lowest BCUT2D eigenvalue weighted by atomic mass is 10.0. The predicted molar refractivity (Wildman–Crippen MR) is 122 cm³/mol. The average Bonchev–Trinajstić information content (AvgIpc) is 3.28. The van der Waals surface area contributed by atoms with Crippen LogP contribution in [0.15, 0.2) is 78.9 Å². The fourth-order valence-corrected chi connectivity index (χ4v) is 3.83. The number of hydrogen-bond donors (Lipinski definition) is 2. The van der Waals surface area contributed by atoms with E-state index in [1.807, 2.05) is 30.3 Å². The first-order chi connectivity index (χ1) is 16.0. The molecule has 2 amide bonds. The van der Waals surface area contributed by atoms with Crippen molar-refractivity contribution in [3.63, 3.8) is 0 Å². The SMILES string of the molecule is O=C(N[C@H](Cc1ccccc1)C(=O)Nc1nnc(-c2ccc(F)cc2)s1)c1ccc(F)cc1. The van der Waals surface area contributed by atoms with Crippen LogP contribution in [0.25, 0.3) is 10.6 Å². The number of benzene rings is 3. The minimum absolute atomic E-state index is 0.233. The number of aromatic nitrogens is 2. The maximum Gasteiger partial charge on any atom is 0.251 e. The lowest BCUT2D eigenvalue weighted by molar-refractivity contribution is -0.118. The molecule has 0 saturated heterocycles. The van der Waals surface area contributed by atoms with Gasteiger partial charge in [-0.2, -0.15) is 0 Å². The second kappa shape index (κ2) is 10.1. The van der Waals surface area contributed by atoms with E-state index in [0.717, 1.165) is 16.9 Å². The van der Waals surface area contributed by atoms with Crippen molar-refractivity contribution >= 4 is 28.3 Å². The van der Waals surface area contributed by atoms with Gasteiger partial charge in [-0.3, -0.25) is 14.9 Å². The standard InChI is InChI=1S/C24H18F2N4O2S/c25-18-10-6-16(7-11-18)21(31)27-20(14-15-4-2-1-3-5-15)22(32)28-24-30-29-23(33-24)17-8-12-19(26)13-9-17/h1-13,20H,14H2,(H,27,31)(H,28,30,32)/t20-/m1/s1. The lowest BCUT2D eigenvalue weighted by Gasteiger charge is -2.18. The molecule has 0 fully saturated rings. The molecule has 0 saturated carbocycles. The number of rotatable bonds is 7. The number of carbonyl (C=O) groups excluding carboxylic acids is 2. The molecule has 0 aliphatic heterocycles. The number of hydrogen-bond acceptors (Lipinski definition) is 5. The number of nitrogens with zero attached hydrogens (tertiary/aromatic N) is 2. The highest BCUT2D eigenvalue weighted by atomic mass is 32.1.